The first-order valence-corrected chi connectivity index (χ1v) is 8.53. The molecule has 2 fully saturated rings. The summed E-state index contributed by atoms with van der Waals surface area (Å²) in [6.45, 7) is 4.00. The Balaban J connectivity index is 1.79. The van der Waals surface area contributed by atoms with Crippen molar-refractivity contribution in [1.82, 2.24) is 14.9 Å². The summed E-state index contributed by atoms with van der Waals surface area (Å²) in [7, 11) is 0. The molecule has 4 rings (SSSR count). The van der Waals surface area contributed by atoms with E-state index in [9.17, 15) is 4.79 Å². The van der Waals surface area contributed by atoms with Gasteiger partial charge in [0.2, 0.25) is 0 Å². The number of rotatable bonds is 2. The van der Waals surface area contributed by atoms with Crippen molar-refractivity contribution in [2.45, 2.75) is 38.1 Å². The lowest BCUT2D eigenvalue weighted by atomic mass is 9.95. The predicted molar refractivity (Wildman–Crippen MR) is 89.8 cm³/mol. The predicted octanol–water partition coefficient (Wildman–Crippen LogP) is 2.24. The SMILES string of the molecule is O=c1[nH]c2c(N3CCNCC3)cccc2n1C1CCCCC1. The highest BCUT2D eigenvalue weighted by atomic mass is 16.1. The van der Waals surface area contributed by atoms with E-state index in [1.807, 2.05) is 4.57 Å². The minimum absolute atomic E-state index is 0.0597. The van der Waals surface area contributed by atoms with E-state index in [-0.39, 0.29) is 5.69 Å². The smallest absolute Gasteiger partial charge is 0.326 e. The molecule has 0 amide bonds. The number of anilines is 1. The van der Waals surface area contributed by atoms with Crippen LogP contribution < -0.4 is 15.9 Å². The van der Waals surface area contributed by atoms with Gasteiger partial charge in [0.05, 0.1) is 16.7 Å². The maximum Gasteiger partial charge on any atom is 0.326 e. The number of aromatic amines is 1. The summed E-state index contributed by atoms with van der Waals surface area (Å²) in [6.07, 6.45) is 6.04. The van der Waals surface area contributed by atoms with Crippen molar-refractivity contribution in [3.63, 3.8) is 0 Å². The summed E-state index contributed by atoms with van der Waals surface area (Å²) in [6, 6.07) is 6.68. The number of hydrogen-bond acceptors (Lipinski definition) is 3. The number of imidazole rings is 1. The molecule has 1 aromatic heterocycles. The molecule has 0 radical (unpaired) electrons. The van der Waals surface area contributed by atoms with Crippen molar-refractivity contribution in [1.29, 1.82) is 0 Å². The average Bonchev–Trinajstić information content (AvgIpc) is 2.92. The van der Waals surface area contributed by atoms with Gasteiger partial charge in [0.1, 0.15) is 0 Å². The van der Waals surface area contributed by atoms with Gasteiger partial charge in [-0.3, -0.25) is 4.57 Å². The fourth-order valence-corrected chi connectivity index (χ4v) is 4.00. The third-order valence-electron chi connectivity index (χ3n) is 5.13. The van der Waals surface area contributed by atoms with Crippen molar-refractivity contribution in [2.24, 2.45) is 0 Å². The molecule has 1 aliphatic heterocycles. The molecule has 1 saturated carbocycles. The highest BCUT2D eigenvalue weighted by Crippen LogP contribution is 2.32. The Bertz CT molecular complexity index is 705. The van der Waals surface area contributed by atoms with Crippen LogP contribution in [0.25, 0.3) is 11.0 Å². The van der Waals surface area contributed by atoms with Crippen LogP contribution in [-0.2, 0) is 0 Å². The van der Waals surface area contributed by atoms with Gasteiger partial charge in [-0.05, 0) is 25.0 Å². The van der Waals surface area contributed by atoms with E-state index in [2.05, 4.69) is 33.4 Å². The quantitative estimate of drug-likeness (QED) is 0.894. The van der Waals surface area contributed by atoms with Gasteiger partial charge < -0.3 is 15.2 Å². The number of H-pyrrole nitrogens is 1. The molecule has 5 nitrogen and oxygen atoms in total. The van der Waals surface area contributed by atoms with Gasteiger partial charge in [-0.25, -0.2) is 4.79 Å². The monoisotopic (exact) mass is 300 g/mol. The van der Waals surface area contributed by atoms with E-state index < -0.39 is 0 Å². The van der Waals surface area contributed by atoms with E-state index in [0.717, 1.165) is 50.1 Å². The highest BCUT2D eigenvalue weighted by Gasteiger charge is 2.22. The van der Waals surface area contributed by atoms with Crippen molar-refractivity contribution < 1.29 is 0 Å². The van der Waals surface area contributed by atoms with Gasteiger partial charge >= 0.3 is 5.69 Å². The zero-order chi connectivity index (χ0) is 14.9. The average molecular weight is 300 g/mol. The number of para-hydroxylation sites is 1. The Hall–Kier alpha value is -1.75. The van der Waals surface area contributed by atoms with Gasteiger partial charge in [0.25, 0.3) is 0 Å². The van der Waals surface area contributed by atoms with Crippen molar-refractivity contribution in [2.75, 3.05) is 31.1 Å². The number of hydrogen-bond donors (Lipinski definition) is 2. The molecule has 0 atom stereocenters. The minimum atomic E-state index is 0.0597. The second-order valence-electron chi connectivity index (χ2n) is 6.50. The molecule has 1 saturated heterocycles. The zero-order valence-electron chi connectivity index (χ0n) is 13.0. The molecule has 2 heterocycles. The second kappa shape index (κ2) is 5.80. The van der Waals surface area contributed by atoms with Crippen molar-refractivity contribution >= 4 is 16.7 Å². The summed E-state index contributed by atoms with van der Waals surface area (Å²) in [5, 5.41) is 3.38. The molecular formula is C17H24N4O. The molecule has 5 heteroatoms. The van der Waals surface area contributed by atoms with Crippen LogP contribution in [0.5, 0.6) is 0 Å². The van der Waals surface area contributed by atoms with E-state index >= 15 is 0 Å². The molecule has 1 aliphatic carbocycles. The van der Waals surface area contributed by atoms with Crippen LogP contribution in [-0.4, -0.2) is 35.7 Å². The van der Waals surface area contributed by atoms with E-state index in [1.165, 1.54) is 24.9 Å². The van der Waals surface area contributed by atoms with Crippen molar-refractivity contribution in [3.05, 3.63) is 28.7 Å². The topological polar surface area (TPSA) is 53.1 Å². The van der Waals surface area contributed by atoms with Crippen LogP contribution in [0.3, 0.4) is 0 Å². The summed E-state index contributed by atoms with van der Waals surface area (Å²) in [4.78, 5) is 18.1. The van der Waals surface area contributed by atoms with Crippen molar-refractivity contribution in [3.8, 4) is 0 Å². The molecule has 1 aromatic carbocycles. The minimum Gasteiger partial charge on any atom is -0.367 e. The molecule has 2 N–H and O–H groups in total. The first-order valence-electron chi connectivity index (χ1n) is 8.53. The number of aromatic nitrogens is 2. The fourth-order valence-electron chi connectivity index (χ4n) is 4.00. The lowest BCUT2D eigenvalue weighted by molar-refractivity contribution is 0.353. The number of nitrogens with zero attached hydrogens (tertiary/aromatic N) is 2. The zero-order valence-corrected chi connectivity index (χ0v) is 13.0. The Morgan fingerprint density at radius 1 is 1.05 bits per heavy atom. The molecular weight excluding hydrogens is 276 g/mol. The van der Waals surface area contributed by atoms with E-state index in [1.54, 1.807) is 0 Å². The largest absolute Gasteiger partial charge is 0.367 e. The maximum absolute atomic E-state index is 12.5. The lowest BCUT2D eigenvalue weighted by Gasteiger charge is -2.30. The summed E-state index contributed by atoms with van der Waals surface area (Å²) >= 11 is 0. The van der Waals surface area contributed by atoms with Gasteiger partial charge in [-0.1, -0.05) is 25.3 Å². The molecule has 0 bridgehead atoms. The van der Waals surface area contributed by atoms with Gasteiger partial charge in [-0.2, -0.15) is 0 Å². The number of benzene rings is 1. The number of nitrogens with one attached hydrogen (secondary N) is 2. The normalized spacial score (nSPS) is 20.6. The molecule has 2 aromatic rings. The summed E-state index contributed by atoms with van der Waals surface area (Å²) < 4.78 is 2.01. The Morgan fingerprint density at radius 3 is 2.59 bits per heavy atom. The van der Waals surface area contributed by atoms with Gasteiger partial charge in [-0.15, -0.1) is 0 Å². The number of fused-ring (bicyclic) bond motifs is 1. The third kappa shape index (κ3) is 2.33. The Kier molecular flexibility index (Phi) is 3.66. The standard InChI is InChI=1S/C17H24N4O/c22-17-19-16-14(20-11-9-18-10-12-20)7-4-8-15(16)21(17)13-5-2-1-3-6-13/h4,7-8,13,18H,1-3,5-6,9-12H2,(H,19,22). The van der Waals surface area contributed by atoms with E-state index in [0.29, 0.717) is 6.04 Å². The third-order valence-corrected chi connectivity index (χ3v) is 5.13. The van der Waals surface area contributed by atoms with Crippen LogP contribution in [0.1, 0.15) is 38.1 Å². The van der Waals surface area contributed by atoms with Crippen LogP contribution in [0.2, 0.25) is 0 Å². The first-order chi connectivity index (χ1) is 10.8. The maximum atomic E-state index is 12.5. The molecule has 22 heavy (non-hydrogen) atoms. The summed E-state index contributed by atoms with van der Waals surface area (Å²) in [5.41, 5.74) is 3.32. The van der Waals surface area contributed by atoms with E-state index in [4.69, 9.17) is 0 Å². The van der Waals surface area contributed by atoms with Gasteiger partial charge in [0.15, 0.2) is 0 Å². The second-order valence-corrected chi connectivity index (χ2v) is 6.50. The Morgan fingerprint density at radius 2 is 1.82 bits per heavy atom. The number of piperazine rings is 1. The van der Waals surface area contributed by atoms with Crippen LogP contribution in [0.4, 0.5) is 5.69 Å². The van der Waals surface area contributed by atoms with Crippen LogP contribution in [0, 0.1) is 0 Å². The first kappa shape index (κ1) is 13.9. The molecule has 2 aliphatic rings. The fraction of sp³-hybridized carbons (Fsp3) is 0.588. The molecule has 118 valence electrons. The van der Waals surface area contributed by atoms with Crippen LogP contribution in [0.15, 0.2) is 23.0 Å². The highest BCUT2D eigenvalue weighted by molar-refractivity contribution is 5.89. The van der Waals surface area contributed by atoms with Crippen LogP contribution >= 0.6 is 0 Å². The lowest BCUT2D eigenvalue weighted by Crippen LogP contribution is -2.43. The molecule has 0 spiro atoms. The molecule has 0 unspecified atom stereocenters. The Labute approximate surface area is 130 Å². The summed E-state index contributed by atoms with van der Waals surface area (Å²) in [5.74, 6) is 0. The van der Waals surface area contributed by atoms with Gasteiger partial charge in [0, 0.05) is 32.2 Å².